The molecule has 2 amide bonds. The predicted octanol–water partition coefficient (Wildman–Crippen LogP) is 0.458. The minimum atomic E-state index is -0.668. The van der Waals surface area contributed by atoms with Crippen LogP contribution < -0.4 is 10.7 Å². The summed E-state index contributed by atoms with van der Waals surface area (Å²) >= 11 is 0. The smallest absolute Gasteiger partial charge is 0.428 e. The number of carbonyl (C=O) groups excluding carboxylic acids is 2. The zero-order chi connectivity index (χ0) is 13.8. The number of nitrogens with one attached hydrogen (secondary N) is 2. The van der Waals surface area contributed by atoms with Crippen molar-refractivity contribution >= 4 is 23.4 Å². The number of hydrogen-bond acceptors (Lipinski definition) is 5. The van der Waals surface area contributed by atoms with E-state index in [2.05, 4.69) is 20.8 Å². The van der Waals surface area contributed by atoms with Crippen molar-refractivity contribution in [3.8, 4) is 0 Å². The Morgan fingerprint density at radius 2 is 2.17 bits per heavy atom. The fourth-order valence-electron chi connectivity index (χ4n) is 1.25. The molecule has 0 bridgehead atoms. The molecule has 0 saturated heterocycles. The van der Waals surface area contributed by atoms with Crippen molar-refractivity contribution < 1.29 is 14.3 Å². The van der Waals surface area contributed by atoms with Gasteiger partial charge >= 0.3 is 6.09 Å². The van der Waals surface area contributed by atoms with Crippen molar-refractivity contribution in [3.05, 3.63) is 0 Å². The van der Waals surface area contributed by atoms with Crippen molar-refractivity contribution in [2.24, 2.45) is 10.1 Å². The van der Waals surface area contributed by atoms with E-state index >= 15 is 0 Å². The van der Waals surface area contributed by atoms with E-state index in [-0.39, 0.29) is 11.6 Å². The quantitative estimate of drug-likeness (QED) is 0.554. The monoisotopic (exact) mass is 254 g/mol. The second-order valence-corrected chi connectivity index (χ2v) is 4.80. The maximum atomic E-state index is 11.4. The first-order valence-electron chi connectivity index (χ1n) is 5.66. The summed E-state index contributed by atoms with van der Waals surface area (Å²) in [6.45, 7) is 7.89. The second kappa shape index (κ2) is 5.61. The third-order valence-electron chi connectivity index (χ3n) is 1.94. The van der Waals surface area contributed by atoms with Gasteiger partial charge in [0, 0.05) is 6.54 Å². The van der Waals surface area contributed by atoms with Gasteiger partial charge < -0.3 is 10.1 Å². The summed E-state index contributed by atoms with van der Waals surface area (Å²) in [5.41, 5.74) is 2.21. The average Bonchev–Trinajstić information content (AvgIpc) is 2.24. The highest BCUT2D eigenvalue weighted by molar-refractivity contribution is 6.66. The third kappa shape index (κ3) is 4.52. The lowest BCUT2D eigenvalue weighted by Crippen LogP contribution is -2.41. The van der Waals surface area contributed by atoms with E-state index in [1.807, 2.05) is 0 Å². The molecule has 1 heterocycles. The Morgan fingerprint density at radius 3 is 2.72 bits per heavy atom. The Balaban J connectivity index is 2.59. The number of hydrazone groups is 1. The largest absolute Gasteiger partial charge is 0.443 e. The summed E-state index contributed by atoms with van der Waals surface area (Å²) < 4.78 is 5.00. The van der Waals surface area contributed by atoms with Crippen molar-refractivity contribution in [2.75, 3.05) is 13.1 Å². The topological polar surface area (TPSA) is 92.2 Å². The van der Waals surface area contributed by atoms with Gasteiger partial charge in [0.1, 0.15) is 11.3 Å². The van der Waals surface area contributed by atoms with Gasteiger partial charge in [-0.05, 0) is 27.7 Å². The van der Waals surface area contributed by atoms with Gasteiger partial charge in [0.2, 0.25) is 0 Å². The molecule has 0 fully saturated rings. The molecule has 0 aromatic heterocycles. The van der Waals surface area contributed by atoms with E-state index in [1.165, 1.54) is 0 Å². The summed E-state index contributed by atoms with van der Waals surface area (Å²) in [6, 6.07) is 0. The van der Waals surface area contributed by atoms with Crippen LogP contribution in [0.1, 0.15) is 27.7 Å². The Labute approximate surface area is 106 Å². The zero-order valence-corrected chi connectivity index (χ0v) is 11.0. The molecule has 7 nitrogen and oxygen atoms in total. The Kier molecular flexibility index (Phi) is 4.41. The molecule has 18 heavy (non-hydrogen) atoms. The van der Waals surface area contributed by atoms with Gasteiger partial charge in [-0.1, -0.05) is 0 Å². The molecule has 2 N–H and O–H groups in total. The first-order valence-corrected chi connectivity index (χ1v) is 5.66. The lowest BCUT2D eigenvalue weighted by molar-refractivity contribution is -0.114. The van der Waals surface area contributed by atoms with Crippen LogP contribution in [0.3, 0.4) is 0 Å². The summed E-state index contributed by atoms with van der Waals surface area (Å²) in [4.78, 5) is 26.8. The van der Waals surface area contributed by atoms with Crippen molar-refractivity contribution in [1.29, 1.82) is 0 Å². The van der Waals surface area contributed by atoms with Crippen LogP contribution in [0.2, 0.25) is 0 Å². The van der Waals surface area contributed by atoms with E-state index in [4.69, 9.17) is 4.74 Å². The van der Waals surface area contributed by atoms with Crippen LogP contribution >= 0.6 is 0 Å². The van der Waals surface area contributed by atoms with Crippen LogP contribution in [0.15, 0.2) is 10.1 Å². The Bertz CT molecular complexity index is 407. The second-order valence-electron chi connectivity index (χ2n) is 4.80. The average molecular weight is 254 g/mol. The summed E-state index contributed by atoms with van der Waals surface area (Å²) in [7, 11) is 0. The summed E-state index contributed by atoms with van der Waals surface area (Å²) in [6.07, 6.45) is -0.668. The van der Waals surface area contributed by atoms with E-state index in [1.54, 1.807) is 27.7 Å². The Hall–Kier alpha value is -1.92. The standard InChI is InChI=1S/C11H18N4O3/c1-7(8-9(16)13-6-5-12-8)14-15-10(17)18-11(2,3)4/h5-6H2,1-4H3,(H,13,16)(H,15,17)/b14-7+. The number of hydrogen-bond donors (Lipinski definition) is 2. The molecule has 0 radical (unpaired) electrons. The molecule has 100 valence electrons. The fraction of sp³-hybridized carbons (Fsp3) is 0.636. The van der Waals surface area contributed by atoms with Crippen LogP contribution in [-0.2, 0) is 9.53 Å². The molecular weight excluding hydrogens is 236 g/mol. The van der Waals surface area contributed by atoms with Gasteiger partial charge in [-0.25, -0.2) is 10.2 Å². The SMILES string of the molecule is C/C(=N\NC(=O)OC(C)(C)C)C1=NCCNC1=O. The van der Waals surface area contributed by atoms with E-state index in [9.17, 15) is 9.59 Å². The summed E-state index contributed by atoms with van der Waals surface area (Å²) in [5.74, 6) is -0.284. The molecule has 0 saturated carbocycles. The highest BCUT2D eigenvalue weighted by Gasteiger charge is 2.19. The molecule has 1 rings (SSSR count). The summed E-state index contributed by atoms with van der Waals surface area (Å²) in [5, 5.41) is 6.43. The molecule has 0 aromatic rings. The molecule has 0 aliphatic carbocycles. The van der Waals surface area contributed by atoms with Gasteiger partial charge in [-0.15, -0.1) is 0 Å². The van der Waals surface area contributed by atoms with Gasteiger partial charge in [0.25, 0.3) is 5.91 Å². The van der Waals surface area contributed by atoms with Gasteiger partial charge in [0.15, 0.2) is 0 Å². The molecule has 0 spiro atoms. The van der Waals surface area contributed by atoms with Crippen LogP contribution in [0.4, 0.5) is 4.79 Å². The normalized spacial score (nSPS) is 16.8. The number of ether oxygens (including phenoxy) is 1. The molecule has 0 unspecified atom stereocenters. The van der Waals surface area contributed by atoms with E-state index in [0.717, 1.165) is 0 Å². The van der Waals surface area contributed by atoms with Crippen LogP contribution in [0.5, 0.6) is 0 Å². The molecule has 1 aliphatic heterocycles. The zero-order valence-electron chi connectivity index (χ0n) is 11.0. The van der Waals surface area contributed by atoms with E-state index < -0.39 is 11.7 Å². The van der Waals surface area contributed by atoms with Gasteiger partial charge in [-0.2, -0.15) is 5.10 Å². The third-order valence-corrected chi connectivity index (χ3v) is 1.94. The van der Waals surface area contributed by atoms with E-state index in [0.29, 0.717) is 18.8 Å². The molecular formula is C11H18N4O3. The Morgan fingerprint density at radius 1 is 1.50 bits per heavy atom. The number of nitrogens with zero attached hydrogens (tertiary/aromatic N) is 2. The van der Waals surface area contributed by atoms with Crippen molar-refractivity contribution in [3.63, 3.8) is 0 Å². The maximum absolute atomic E-state index is 11.4. The van der Waals surface area contributed by atoms with Crippen molar-refractivity contribution in [2.45, 2.75) is 33.3 Å². The maximum Gasteiger partial charge on any atom is 0.428 e. The lowest BCUT2D eigenvalue weighted by Gasteiger charge is -2.18. The highest BCUT2D eigenvalue weighted by Crippen LogP contribution is 2.06. The molecule has 7 heteroatoms. The number of rotatable bonds is 2. The number of carbonyl (C=O) groups is 2. The van der Waals surface area contributed by atoms with Crippen LogP contribution in [0, 0.1) is 0 Å². The highest BCUT2D eigenvalue weighted by atomic mass is 16.6. The number of aliphatic imine (C=N–C) groups is 1. The fourth-order valence-corrected chi connectivity index (χ4v) is 1.25. The number of amides is 2. The van der Waals surface area contributed by atoms with Gasteiger partial charge in [-0.3, -0.25) is 9.79 Å². The molecule has 0 aromatic carbocycles. The molecule has 0 atom stereocenters. The predicted molar refractivity (Wildman–Crippen MR) is 67.8 cm³/mol. The lowest BCUT2D eigenvalue weighted by atomic mass is 10.2. The minimum Gasteiger partial charge on any atom is -0.443 e. The molecule has 1 aliphatic rings. The minimum absolute atomic E-state index is 0.234. The first kappa shape index (κ1) is 14.1. The van der Waals surface area contributed by atoms with Crippen molar-refractivity contribution in [1.82, 2.24) is 10.7 Å². The van der Waals surface area contributed by atoms with Crippen LogP contribution in [0.25, 0.3) is 0 Å². The van der Waals surface area contributed by atoms with Gasteiger partial charge in [0.05, 0.1) is 12.3 Å². The van der Waals surface area contributed by atoms with Crippen LogP contribution in [-0.4, -0.2) is 42.1 Å². The first-order chi connectivity index (χ1) is 8.29.